The van der Waals surface area contributed by atoms with Gasteiger partial charge in [0.1, 0.15) is 5.50 Å². The van der Waals surface area contributed by atoms with E-state index in [1.165, 1.54) is 11.8 Å². The summed E-state index contributed by atoms with van der Waals surface area (Å²) in [6, 6.07) is 0. The molecule has 0 bridgehead atoms. The lowest BCUT2D eigenvalue weighted by molar-refractivity contribution is 0.659. The summed E-state index contributed by atoms with van der Waals surface area (Å²) in [5, 5.41) is 0. The maximum atomic E-state index is 5.33. The molecule has 4 N–H and O–H groups in total. The lowest BCUT2D eigenvalue weighted by Crippen LogP contribution is -2.35. The lowest BCUT2D eigenvalue weighted by Gasteiger charge is -1.93. The van der Waals surface area contributed by atoms with Gasteiger partial charge in [0.25, 0.3) is 0 Å². The zero-order chi connectivity index (χ0) is 5.28. The van der Waals surface area contributed by atoms with E-state index in [9.17, 15) is 0 Å². The number of thiocarbonyl (C=S) groups is 1. The Morgan fingerprint density at radius 3 is 2.50 bits per heavy atom. The van der Waals surface area contributed by atoms with Crippen LogP contribution in [0.1, 0.15) is 0 Å². The smallest absolute Gasteiger partial charge is 0.150 e. The van der Waals surface area contributed by atoms with Gasteiger partial charge in [0.05, 0.1) is 0 Å². The van der Waals surface area contributed by atoms with Crippen LogP contribution in [0.15, 0.2) is 0 Å². The molecule has 0 spiro atoms. The zero-order valence-electron chi connectivity index (χ0n) is 3.88. The molecule has 1 atom stereocenters. The van der Waals surface area contributed by atoms with E-state index in [0.717, 1.165) is 0 Å². The van der Waals surface area contributed by atoms with Gasteiger partial charge in [0.15, 0.2) is 4.32 Å². The third-order valence-corrected chi connectivity index (χ3v) is 1.63. The highest BCUT2D eigenvalue weighted by atomic mass is 35.5. The second-order valence-electron chi connectivity index (χ2n) is 1.10. The minimum Gasteiger partial charge on any atom is -0.306 e. The Kier molecular flexibility index (Phi) is 3.67. The van der Waals surface area contributed by atoms with Gasteiger partial charge in [-0.05, 0) is 0 Å². The van der Waals surface area contributed by atoms with Crippen LogP contribution in [0.4, 0.5) is 0 Å². The molecule has 0 saturated carbocycles. The van der Waals surface area contributed by atoms with Crippen LogP contribution in [0, 0.1) is 0 Å². The molecule has 0 aromatic heterocycles. The summed E-state index contributed by atoms with van der Waals surface area (Å²) in [4.78, 5) is 0. The van der Waals surface area contributed by atoms with Crippen molar-refractivity contribution in [1.29, 1.82) is 0 Å². The Bertz CT molecular complexity index is 97.3. The molecular weight excluding hydrogens is 166 g/mol. The molecule has 48 valence electrons. The third kappa shape index (κ3) is 2.15. The van der Waals surface area contributed by atoms with Crippen LogP contribution < -0.4 is 16.6 Å². The van der Waals surface area contributed by atoms with Crippen LogP contribution >= 0.6 is 36.4 Å². The topological polar surface area (TPSA) is 50.1 Å². The van der Waals surface area contributed by atoms with Crippen molar-refractivity contribution < 1.29 is 0 Å². The monoisotopic (exact) mass is 171 g/mol. The van der Waals surface area contributed by atoms with Crippen molar-refractivity contribution in [3.63, 3.8) is 0 Å². The Balaban J connectivity index is 0.000000490. The van der Waals surface area contributed by atoms with Crippen molar-refractivity contribution in [2.24, 2.45) is 5.73 Å². The molecule has 0 aromatic carbocycles. The molecule has 1 rings (SSSR count). The number of hydrogen-bond acceptors (Lipinski definition) is 4. The maximum Gasteiger partial charge on any atom is 0.150 e. The van der Waals surface area contributed by atoms with Crippen LogP contribution in [0.2, 0.25) is 0 Å². The standard InChI is InChI=1S/C2H5N3S2.ClH/c3-1-4-5-2(6)7-1;/h1,4H,3H2,(H,5,6);1H. The third-order valence-electron chi connectivity index (χ3n) is 0.550. The fourth-order valence-electron chi connectivity index (χ4n) is 0.304. The van der Waals surface area contributed by atoms with Crippen LogP contribution in [-0.4, -0.2) is 9.82 Å². The van der Waals surface area contributed by atoms with Gasteiger partial charge >= 0.3 is 0 Å². The predicted molar refractivity (Wildman–Crippen MR) is 41.7 cm³/mol. The van der Waals surface area contributed by atoms with Gasteiger partial charge in [-0.3, -0.25) is 0 Å². The molecule has 8 heavy (non-hydrogen) atoms. The minimum absolute atomic E-state index is 0. The average molecular weight is 172 g/mol. The average Bonchev–Trinajstić information content (AvgIpc) is 1.87. The highest BCUT2D eigenvalue weighted by molar-refractivity contribution is 8.23. The predicted octanol–water partition coefficient (Wildman–Crippen LogP) is -0.224. The highest BCUT2D eigenvalue weighted by Crippen LogP contribution is 2.07. The first-order valence-electron chi connectivity index (χ1n) is 1.77. The summed E-state index contributed by atoms with van der Waals surface area (Å²) < 4.78 is 0.715. The normalized spacial score (nSPS) is 26.6. The van der Waals surface area contributed by atoms with E-state index in [0.29, 0.717) is 4.32 Å². The van der Waals surface area contributed by atoms with Crippen molar-refractivity contribution in [1.82, 2.24) is 10.9 Å². The summed E-state index contributed by atoms with van der Waals surface area (Å²) >= 11 is 6.11. The van der Waals surface area contributed by atoms with Crippen molar-refractivity contribution in [3.05, 3.63) is 0 Å². The molecular formula is C2H6ClN3S2. The molecule has 0 aliphatic carbocycles. The highest BCUT2D eigenvalue weighted by Gasteiger charge is 2.12. The molecule has 1 aliphatic heterocycles. The van der Waals surface area contributed by atoms with Gasteiger partial charge in [-0.2, -0.15) is 0 Å². The summed E-state index contributed by atoms with van der Waals surface area (Å²) in [6.45, 7) is 0. The first-order chi connectivity index (χ1) is 3.29. The van der Waals surface area contributed by atoms with Gasteiger partial charge in [-0.1, -0.05) is 24.0 Å². The number of nitrogens with one attached hydrogen (secondary N) is 2. The Labute approximate surface area is 63.1 Å². The molecule has 0 amide bonds. The molecule has 0 radical (unpaired) electrons. The molecule has 1 aliphatic rings. The summed E-state index contributed by atoms with van der Waals surface area (Å²) in [6.07, 6.45) is 0. The van der Waals surface area contributed by atoms with Crippen molar-refractivity contribution in [2.75, 3.05) is 0 Å². The molecule has 6 heteroatoms. The molecule has 3 nitrogen and oxygen atoms in total. The van der Waals surface area contributed by atoms with Gasteiger partial charge in [0, 0.05) is 0 Å². The second-order valence-corrected chi connectivity index (χ2v) is 2.91. The molecule has 1 saturated heterocycles. The number of hydrogen-bond donors (Lipinski definition) is 3. The van der Waals surface area contributed by atoms with Crippen LogP contribution in [-0.2, 0) is 0 Å². The van der Waals surface area contributed by atoms with E-state index in [1.807, 2.05) is 0 Å². The zero-order valence-corrected chi connectivity index (χ0v) is 6.33. The molecule has 0 aromatic rings. The quantitative estimate of drug-likeness (QED) is 0.440. The second kappa shape index (κ2) is 3.47. The SMILES string of the molecule is Cl.NC1NNC(=S)S1. The summed E-state index contributed by atoms with van der Waals surface area (Å²) in [5.41, 5.74) is 10.7. The number of nitrogens with two attached hydrogens (primary N) is 1. The van der Waals surface area contributed by atoms with Gasteiger partial charge in [-0.15, -0.1) is 12.4 Å². The number of rotatable bonds is 0. The van der Waals surface area contributed by atoms with Crippen LogP contribution in [0.5, 0.6) is 0 Å². The fraction of sp³-hybridized carbons (Fsp3) is 0.500. The van der Waals surface area contributed by atoms with E-state index in [2.05, 4.69) is 10.9 Å². The number of hydrazine groups is 1. The maximum absolute atomic E-state index is 5.33. The Morgan fingerprint density at radius 1 is 1.75 bits per heavy atom. The van der Waals surface area contributed by atoms with Crippen molar-refractivity contribution in [2.45, 2.75) is 5.50 Å². The van der Waals surface area contributed by atoms with Crippen molar-refractivity contribution >= 4 is 40.7 Å². The first kappa shape index (κ1) is 8.45. The van der Waals surface area contributed by atoms with E-state index in [-0.39, 0.29) is 17.9 Å². The van der Waals surface area contributed by atoms with E-state index in [1.54, 1.807) is 0 Å². The van der Waals surface area contributed by atoms with Gasteiger partial charge in [-0.25, -0.2) is 5.43 Å². The largest absolute Gasteiger partial charge is 0.306 e. The van der Waals surface area contributed by atoms with E-state index >= 15 is 0 Å². The van der Waals surface area contributed by atoms with Crippen LogP contribution in [0.3, 0.4) is 0 Å². The number of halogens is 1. The fourth-order valence-corrected chi connectivity index (χ4v) is 1.14. The lowest BCUT2D eigenvalue weighted by atomic mass is 11.2. The van der Waals surface area contributed by atoms with E-state index in [4.69, 9.17) is 18.0 Å². The first-order valence-corrected chi connectivity index (χ1v) is 3.05. The molecule has 1 heterocycles. The van der Waals surface area contributed by atoms with Crippen molar-refractivity contribution in [3.8, 4) is 0 Å². The number of thioether (sulfide) groups is 1. The van der Waals surface area contributed by atoms with E-state index < -0.39 is 0 Å². The Morgan fingerprint density at radius 2 is 2.38 bits per heavy atom. The van der Waals surface area contributed by atoms with Gasteiger partial charge in [0.2, 0.25) is 0 Å². The molecule has 1 unspecified atom stereocenters. The molecule has 1 fully saturated rings. The minimum atomic E-state index is -0.0625. The Hall–Kier alpha value is 0.450. The summed E-state index contributed by atoms with van der Waals surface area (Å²) in [7, 11) is 0. The summed E-state index contributed by atoms with van der Waals surface area (Å²) in [5.74, 6) is 0. The van der Waals surface area contributed by atoms with Crippen LogP contribution in [0.25, 0.3) is 0 Å². The van der Waals surface area contributed by atoms with Gasteiger partial charge < -0.3 is 11.2 Å².